The van der Waals surface area contributed by atoms with Crippen LogP contribution in [-0.2, 0) is 17.8 Å². The molecular formula is C28H33ClN4O2. The molecule has 1 fully saturated rings. The van der Waals surface area contributed by atoms with Gasteiger partial charge in [0, 0.05) is 61.6 Å². The van der Waals surface area contributed by atoms with E-state index in [1.807, 2.05) is 29.2 Å². The summed E-state index contributed by atoms with van der Waals surface area (Å²) in [6.45, 7) is 5.20. The molecule has 0 unspecified atom stereocenters. The van der Waals surface area contributed by atoms with E-state index >= 15 is 0 Å². The topological polar surface area (TPSA) is 68.4 Å². The van der Waals surface area contributed by atoms with Gasteiger partial charge in [0.2, 0.25) is 5.91 Å². The number of carbonyl (C=O) groups excluding carboxylic acids is 2. The average Bonchev–Trinajstić information content (AvgIpc) is 3.30. The number of carbonyl (C=O) groups is 2. The monoisotopic (exact) mass is 492 g/mol. The SMILES string of the molecule is O=C(CC1CCN(C(=O)c2cc3cc(Cl)ccc3[nH]2)CC1)NCCCN1CCc2ccccc2C1. The number of fused-ring (bicyclic) bond motifs is 2. The number of amides is 2. The van der Waals surface area contributed by atoms with E-state index in [4.69, 9.17) is 11.6 Å². The highest BCUT2D eigenvalue weighted by Crippen LogP contribution is 2.24. The Balaban J connectivity index is 1.00. The summed E-state index contributed by atoms with van der Waals surface area (Å²) in [5.41, 5.74) is 4.41. The highest BCUT2D eigenvalue weighted by atomic mass is 35.5. The predicted octanol–water partition coefficient (Wildman–Crippen LogP) is 4.63. The number of hydrogen-bond donors (Lipinski definition) is 2. The van der Waals surface area contributed by atoms with E-state index in [0.717, 1.165) is 62.8 Å². The van der Waals surface area contributed by atoms with Crippen LogP contribution in [0.4, 0.5) is 0 Å². The van der Waals surface area contributed by atoms with Crippen molar-refractivity contribution in [3.05, 3.63) is 70.4 Å². The van der Waals surface area contributed by atoms with E-state index in [1.165, 1.54) is 11.1 Å². The van der Waals surface area contributed by atoms with E-state index < -0.39 is 0 Å². The lowest BCUT2D eigenvalue weighted by atomic mass is 9.93. The Kier molecular flexibility index (Phi) is 7.40. The van der Waals surface area contributed by atoms with Gasteiger partial charge in [-0.1, -0.05) is 35.9 Å². The number of H-pyrrole nitrogens is 1. The van der Waals surface area contributed by atoms with Crippen LogP contribution in [0.15, 0.2) is 48.5 Å². The van der Waals surface area contributed by atoms with E-state index in [2.05, 4.69) is 39.5 Å². The molecule has 1 saturated heterocycles. The average molecular weight is 493 g/mol. The fraction of sp³-hybridized carbons (Fsp3) is 0.429. The zero-order chi connectivity index (χ0) is 24.2. The number of benzene rings is 2. The van der Waals surface area contributed by atoms with Gasteiger partial charge in [-0.05, 0) is 67.0 Å². The Bertz CT molecular complexity index is 1200. The summed E-state index contributed by atoms with van der Waals surface area (Å²) in [6.07, 6.45) is 4.34. The number of piperidine rings is 1. The lowest BCUT2D eigenvalue weighted by Crippen LogP contribution is -2.40. The Morgan fingerprint density at radius 1 is 1.03 bits per heavy atom. The molecule has 0 atom stereocenters. The molecule has 2 aromatic carbocycles. The standard InChI is InChI=1S/C28H33ClN4O2/c29-24-6-7-25-23(17-24)18-26(31-25)28(35)33-14-8-20(9-15-33)16-27(34)30-11-3-12-32-13-10-21-4-1-2-5-22(21)19-32/h1-2,4-7,17-18,20,31H,3,8-16,19H2,(H,30,34). The number of rotatable bonds is 7. The van der Waals surface area contributed by atoms with E-state index in [-0.39, 0.29) is 11.8 Å². The Labute approximate surface area is 211 Å². The number of aromatic nitrogens is 1. The van der Waals surface area contributed by atoms with Crippen LogP contribution in [0.25, 0.3) is 10.9 Å². The van der Waals surface area contributed by atoms with Gasteiger partial charge >= 0.3 is 0 Å². The van der Waals surface area contributed by atoms with Crippen LogP contribution in [0.3, 0.4) is 0 Å². The molecule has 0 saturated carbocycles. The molecule has 0 spiro atoms. The maximum Gasteiger partial charge on any atom is 0.270 e. The number of aromatic amines is 1. The number of hydrogen-bond acceptors (Lipinski definition) is 3. The number of nitrogens with one attached hydrogen (secondary N) is 2. The third kappa shape index (κ3) is 5.88. The van der Waals surface area contributed by atoms with Crippen molar-refractivity contribution < 1.29 is 9.59 Å². The fourth-order valence-electron chi connectivity index (χ4n) is 5.34. The van der Waals surface area contributed by atoms with Crippen LogP contribution in [0.1, 0.15) is 47.3 Å². The molecule has 2 amide bonds. The predicted molar refractivity (Wildman–Crippen MR) is 140 cm³/mol. The molecule has 184 valence electrons. The molecule has 0 radical (unpaired) electrons. The molecule has 2 N–H and O–H groups in total. The largest absolute Gasteiger partial charge is 0.356 e. The van der Waals surface area contributed by atoms with Crippen LogP contribution in [0, 0.1) is 5.92 Å². The molecule has 0 bridgehead atoms. The van der Waals surface area contributed by atoms with Crippen molar-refractivity contribution in [2.45, 2.75) is 38.6 Å². The maximum absolute atomic E-state index is 12.9. The highest BCUT2D eigenvalue weighted by molar-refractivity contribution is 6.31. The molecule has 5 rings (SSSR count). The van der Waals surface area contributed by atoms with E-state index in [1.54, 1.807) is 0 Å². The Morgan fingerprint density at radius 3 is 2.66 bits per heavy atom. The van der Waals surface area contributed by atoms with Crippen molar-refractivity contribution in [1.29, 1.82) is 0 Å². The van der Waals surface area contributed by atoms with Gasteiger partial charge in [-0.15, -0.1) is 0 Å². The van der Waals surface area contributed by atoms with Crippen molar-refractivity contribution in [2.24, 2.45) is 5.92 Å². The maximum atomic E-state index is 12.9. The number of likely N-dealkylation sites (tertiary alicyclic amines) is 1. The zero-order valence-electron chi connectivity index (χ0n) is 20.1. The summed E-state index contributed by atoms with van der Waals surface area (Å²) in [4.78, 5) is 33.0. The lowest BCUT2D eigenvalue weighted by Gasteiger charge is -2.31. The number of halogens is 1. The lowest BCUT2D eigenvalue weighted by molar-refractivity contribution is -0.122. The van der Waals surface area contributed by atoms with Crippen LogP contribution in [0.2, 0.25) is 5.02 Å². The van der Waals surface area contributed by atoms with Crippen LogP contribution in [-0.4, -0.2) is 59.3 Å². The third-order valence-electron chi connectivity index (χ3n) is 7.37. The molecule has 3 aromatic rings. The second kappa shape index (κ2) is 10.8. The van der Waals surface area contributed by atoms with Gasteiger partial charge in [0.25, 0.3) is 5.91 Å². The van der Waals surface area contributed by atoms with Gasteiger partial charge < -0.3 is 15.2 Å². The van der Waals surface area contributed by atoms with Gasteiger partial charge in [-0.3, -0.25) is 14.5 Å². The van der Waals surface area contributed by atoms with Gasteiger partial charge in [-0.2, -0.15) is 0 Å². The van der Waals surface area contributed by atoms with E-state index in [0.29, 0.717) is 36.1 Å². The second-order valence-corrected chi connectivity index (χ2v) is 10.3. The minimum Gasteiger partial charge on any atom is -0.356 e. The van der Waals surface area contributed by atoms with Gasteiger partial charge in [0.05, 0.1) is 0 Å². The summed E-state index contributed by atoms with van der Waals surface area (Å²) in [7, 11) is 0. The van der Waals surface area contributed by atoms with E-state index in [9.17, 15) is 9.59 Å². The molecule has 0 aliphatic carbocycles. The Morgan fingerprint density at radius 2 is 1.83 bits per heavy atom. The van der Waals surface area contributed by atoms with Crippen molar-refractivity contribution in [2.75, 3.05) is 32.7 Å². The summed E-state index contributed by atoms with van der Waals surface area (Å²) in [6, 6.07) is 16.1. The first-order valence-corrected chi connectivity index (χ1v) is 13.1. The zero-order valence-corrected chi connectivity index (χ0v) is 20.8. The molecule has 2 aliphatic rings. The fourth-order valence-corrected chi connectivity index (χ4v) is 5.52. The smallest absolute Gasteiger partial charge is 0.270 e. The first-order valence-electron chi connectivity index (χ1n) is 12.7. The Hall–Kier alpha value is -2.83. The van der Waals surface area contributed by atoms with Gasteiger partial charge in [-0.25, -0.2) is 0 Å². The van der Waals surface area contributed by atoms with Crippen molar-refractivity contribution in [3.63, 3.8) is 0 Å². The first-order chi connectivity index (χ1) is 17.0. The molecule has 7 heteroatoms. The van der Waals surface area contributed by atoms with Crippen LogP contribution < -0.4 is 5.32 Å². The molecule has 35 heavy (non-hydrogen) atoms. The quantitative estimate of drug-likeness (QED) is 0.472. The number of nitrogens with zero attached hydrogens (tertiary/aromatic N) is 2. The van der Waals surface area contributed by atoms with Crippen molar-refractivity contribution in [3.8, 4) is 0 Å². The molecule has 1 aromatic heterocycles. The molecular weight excluding hydrogens is 460 g/mol. The first kappa shape index (κ1) is 23.9. The highest BCUT2D eigenvalue weighted by Gasteiger charge is 2.26. The van der Waals surface area contributed by atoms with Crippen molar-refractivity contribution >= 4 is 34.3 Å². The minimum atomic E-state index is 0.0144. The van der Waals surface area contributed by atoms with Gasteiger partial charge in [0.15, 0.2) is 0 Å². The molecule has 3 heterocycles. The van der Waals surface area contributed by atoms with Crippen LogP contribution in [0.5, 0.6) is 0 Å². The summed E-state index contributed by atoms with van der Waals surface area (Å²) in [5, 5.41) is 4.71. The second-order valence-electron chi connectivity index (χ2n) is 9.85. The third-order valence-corrected chi connectivity index (χ3v) is 7.61. The molecule has 6 nitrogen and oxygen atoms in total. The molecule has 2 aliphatic heterocycles. The minimum absolute atomic E-state index is 0.0144. The summed E-state index contributed by atoms with van der Waals surface area (Å²) in [5.74, 6) is 0.478. The van der Waals surface area contributed by atoms with Crippen molar-refractivity contribution in [1.82, 2.24) is 20.1 Å². The summed E-state index contributed by atoms with van der Waals surface area (Å²) >= 11 is 6.06. The normalized spacial score (nSPS) is 16.9. The van der Waals surface area contributed by atoms with Gasteiger partial charge in [0.1, 0.15) is 5.69 Å². The van der Waals surface area contributed by atoms with Crippen LogP contribution >= 0.6 is 11.6 Å². The summed E-state index contributed by atoms with van der Waals surface area (Å²) < 4.78 is 0.